The predicted molar refractivity (Wildman–Crippen MR) is 82.8 cm³/mol. The Kier molecular flexibility index (Phi) is 4.93. The third-order valence-electron chi connectivity index (χ3n) is 3.16. The number of halogens is 1. The normalized spacial score (nSPS) is 12.1. The van der Waals surface area contributed by atoms with Crippen LogP contribution in [0.15, 0.2) is 53.0 Å². The molecule has 0 aromatic heterocycles. The van der Waals surface area contributed by atoms with Crippen LogP contribution in [0, 0.1) is 0 Å². The molecule has 3 nitrogen and oxygen atoms in total. The summed E-state index contributed by atoms with van der Waals surface area (Å²) in [5.74, 6) is -0.896. The number of aromatic carboxylic acids is 1. The first-order valence-electron chi connectivity index (χ1n) is 6.37. The van der Waals surface area contributed by atoms with E-state index in [4.69, 9.17) is 5.11 Å². The molecule has 2 aromatic carbocycles. The fourth-order valence-electron chi connectivity index (χ4n) is 1.93. The maximum absolute atomic E-state index is 10.8. The van der Waals surface area contributed by atoms with Crippen LogP contribution >= 0.6 is 15.9 Å². The smallest absolute Gasteiger partial charge is 0.335 e. The molecular weight excluding hydrogens is 318 g/mol. The Hall–Kier alpha value is -1.65. The van der Waals surface area contributed by atoms with E-state index in [0.717, 1.165) is 10.0 Å². The molecule has 0 amide bonds. The Labute approximate surface area is 126 Å². The van der Waals surface area contributed by atoms with E-state index in [0.29, 0.717) is 12.1 Å². The van der Waals surface area contributed by atoms with Gasteiger partial charge in [-0.25, -0.2) is 4.79 Å². The van der Waals surface area contributed by atoms with Crippen LogP contribution in [0.2, 0.25) is 0 Å². The van der Waals surface area contributed by atoms with Crippen molar-refractivity contribution in [3.63, 3.8) is 0 Å². The Balaban J connectivity index is 1.96. The average Bonchev–Trinajstić information content (AvgIpc) is 2.45. The Morgan fingerprint density at radius 2 is 1.95 bits per heavy atom. The van der Waals surface area contributed by atoms with Crippen LogP contribution in [0.3, 0.4) is 0 Å². The first-order chi connectivity index (χ1) is 9.56. The molecule has 2 rings (SSSR count). The van der Waals surface area contributed by atoms with Gasteiger partial charge in [-0.1, -0.05) is 40.2 Å². The van der Waals surface area contributed by atoms with Gasteiger partial charge in [-0.05, 0) is 42.3 Å². The lowest BCUT2D eigenvalue weighted by Crippen LogP contribution is -2.18. The van der Waals surface area contributed by atoms with E-state index in [2.05, 4.69) is 40.3 Å². The van der Waals surface area contributed by atoms with Crippen molar-refractivity contribution in [2.75, 3.05) is 0 Å². The molecule has 0 saturated carbocycles. The Bertz CT molecular complexity index is 596. The van der Waals surface area contributed by atoms with Crippen molar-refractivity contribution >= 4 is 21.9 Å². The molecule has 0 aliphatic heterocycles. The van der Waals surface area contributed by atoms with Crippen LogP contribution in [0.4, 0.5) is 0 Å². The summed E-state index contributed by atoms with van der Waals surface area (Å²) in [6, 6.07) is 15.3. The third kappa shape index (κ3) is 3.92. The van der Waals surface area contributed by atoms with Crippen LogP contribution < -0.4 is 5.32 Å². The molecule has 0 aliphatic rings. The summed E-state index contributed by atoms with van der Waals surface area (Å²) in [5.41, 5.74) is 2.59. The molecule has 1 unspecified atom stereocenters. The molecule has 104 valence electrons. The second kappa shape index (κ2) is 6.68. The van der Waals surface area contributed by atoms with E-state index < -0.39 is 5.97 Å². The summed E-state index contributed by atoms with van der Waals surface area (Å²) >= 11 is 3.46. The van der Waals surface area contributed by atoms with Crippen molar-refractivity contribution in [1.82, 2.24) is 5.32 Å². The zero-order valence-corrected chi connectivity index (χ0v) is 12.7. The largest absolute Gasteiger partial charge is 0.478 e. The number of hydrogen-bond donors (Lipinski definition) is 2. The molecule has 0 heterocycles. The lowest BCUT2D eigenvalue weighted by Gasteiger charge is -2.14. The zero-order valence-electron chi connectivity index (χ0n) is 11.1. The van der Waals surface area contributed by atoms with Gasteiger partial charge in [-0.3, -0.25) is 0 Å². The van der Waals surface area contributed by atoms with Crippen molar-refractivity contribution in [3.8, 4) is 0 Å². The van der Waals surface area contributed by atoms with Gasteiger partial charge in [0.2, 0.25) is 0 Å². The number of carboxylic acid groups (broad SMARTS) is 1. The van der Waals surface area contributed by atoms with E-state index in [9.17, 15) is 4.79 Å². The second-order valence-corrected chi connectivity index (χ2v) is 5.58. The van der Waals surface area contributed by atoms with Gasteiger partial charge < -0.3 is 10.4 Å². The van der Waals surface area contributed by atoms with Crippen molar-refractivity contribution in [2.45, 2.75) is 19.5 Å². The van der Waals surface area contributed by atoms with Crippen LogP contribution in [0.5, 0.6) is 0 Å². The molecule has 1 atom stereocenters. The van der Waals surface area contributed by atoms with Gasteiger partial charge in [-0.2, -0.15) is 0 Å². The van der Waals surface area contributed by atoms with E-state index >= 15 is 0 Å². The fourth-order valence-corrected chi connectivity index (χ4v) is 2.35. The standard InChI is InChI=1S/C16H16BrNO2/c1-11(14-3-2-4-15(17)9-14)18-10-12-5-7-13(8-6-12)16(19)20/h2-9,11,18H,10H2,1H3,(H,19,20). The Morgan fingerprint density at radius 3 is 2.55 bits per heavy atom. The van der Waals surface area contributed by atoms with Crippen molar-refractivity contribution in [1.29, 1.82) is 0 Å². The monoisotopic (exact) mass is 333 g/mol. The average molecular weight is 334 g/mol. The SMILES string of the molecule is CC(NCc1ccc(C(=O)O)cc1)c1cccc(Br)c1. The first-order valence-corrected chi connectivity index (χ1v) is 7.16. The van der Waals surface area contributed by atoms with E-state index in [-0.39, 0.29) is 6.04 Å². The van der Waals surface area contributed by atoms with Gasteiger partial charge >= 0.3 is 5.97 Å². The molecule has 0 aliphatic carbocycles. The van der Waals surface area contributed by atoms with Gasteiger partial charge in [0.25, 0.3) is 0 Å². The number of hydrogen-bond acceptors (Lipinski definition) is 2. The fraction of sp³-hybridized carbons (Fsp3) is 0.188. The van der Waals surface area contributed by atoms with Crippen LogP contribution in [-0.4, -0.2) is 11.1 Å². The Morgan fingerprint density at radius 1 is 1.25 bits per heavy atom. The van der Waals surface area contributed by atoms with Gasteiger partial charge in [0.05, 0.1) is 5.56 Å². The minimum Gasteiger partial charge on any atom is -0.478 e. The molecular formula is C16H16BrNO2. The summed E-state index contributed by atoms with van der Waals surface area (Å²) in [4.78, 5) is 10.8. The molecule has 20 heavy (non-hydrogen) atoms. The number of carboxylic acids is 1. The summed E-state index contributed by atoms with van der Waals surface area (Å²) < 4.78 is 1.06. The molecule has 0 fully saturated rings. The van der Waals surface area contributed by atoms with Gasteiger partial charge in [0, 0.05) is 17.1 Å². The minimum absolute atomic E-state index is 0.228. The first kappa shape index (κ1) is 14.8. The van der Waals surface area contributed by atoms with Crippen molar-refractivity contribution < 1.29 is 9.90 Å². The van der Waals surface area contributed by atoms with Gasteiger partial charge in [0.1, 0.15) is 0 Å². The summed E-state index contributed by atoms with van der Waals surface area (Å²) in [6.07, 6.45) is 0. The highest BCUT2D eigenvalue weighted by atomic mass is 79.9. The van der Waals surface area contributed by atoms with Crippen molar-refractivity contribution in [2.24, 2.45) is 0 Å². The quantitative estimate of drug-likeness (QED) is 0.869. The number of benzene rings is 2. The van der Waals surface area contributed by atoms with E-state index in [1.165, 1.54) is 5.56 Å². The topological polar surface area (TPSA) is 49.3 Å². The minimum atomic E-state index is -0.896. The van der Waals surface area contributed by atoms with Crippen LogP contribution in [0.25, 0.3) is 0 Å². The number of rotatable bonds is 5. The highest BCUT2D eigenvalue weighted by molar-refractivity contribution is 9.10. The van der Waals surface area contributed by atoms with Crippen molar-refractivity contribution in [3.05, 3.63) is 69.7 Å². The molecule has 2 aromatic rings. The van der Waals surface area contributed by atoms with E-state index in [1.807, 2.05) is 24.3 Å². The third-order valence-corrected chi connectivity index (χ3v) is 3.66. The maximum Gasteiger partial charge on any atom is 0.335 e. The van der Waals surface area contributed by atoms with Crippen LogP contribution in [-0.2, 0) is 6.54 Å². The molecule has 2 N–H and O–H groups in total. The lowest BCUT2D eigenvalue weighted by atomic mass is 10.1. The van der Waals surface area contributed by atoms with E-state index in [1.54, 1.807) is 12.1 Å². The highest BCUT2D eigenvalue weighted by Crippen LogP contribution is 2.18. The zero-order chi connectivity index (χ0) is 14.5. The molecule has 0 bridgehead atoms. The summed E-state index contributed by atoms with van der Waals surface area (Å²) in [6.45, 7) is 2.81. The number of carbonyl (C=O) groups is 1. The molecule has 0 spiro atoms. The lowest BCUT2D eigenvalue weighted by molar-refractivity contribution is 0.0697. The van der Waals surface area contributed by atoms with Gasteiger partial charge in [-0.15, -0.1) is 0 Å². The maximum atomic E-state index is 10.8. The summed E-state index contributed by atoms with van der Waals surface area (Å²) in [7, 11) is 0. The highest BCUT2D eigenvalue weighted by Gasteiger charge is 2.06. The predicted octanol–water partition coefficient (Wildman–Crippen LogP) is 4.00. The molecule has 4 heteroatoms. The summed E-state index contributed by atoms with van der Waals surface area (Å²) in [5, 5.41) is 12.3. The van der Waals surface area contributed by atoms with Crippen LogP contribution in [0.1, 0.15) is 34.5 Å². The second-order valence-electron chi connectivity index (χ2n) is 4.66. The van der Waals surface area contributed by atoms with Gasteiger partial charge in [0.15, 0.2) is 0 Å². The molecule has 0 radical (unpaired) electrons. The molecule has 0 saturated heterocycles. The number of nitrogens with one attached hydrogen (secondary N) is 1.